The lowest BCUT2D eigenvalue weighted by Gasteiger charge is -2.17. The van der Waals surface area contributed by atoms with E-state index < -0.39 is 0 Å². The lowest BCUT2D eigenvalue weighted by Crippen LogP contribution is -2.39. The number of nitrogens with zero attached hydrogens (tertiary/aromatic N) is 2. The van der Waals surface area contributed by atoms with Crippen LogP contribution in [0.2, 0.25) is 0 Å². The summed E-state index contributed by atoms with van der Waals surface area (Å²) in [4.78, 5) is 28.5. The Labute approximate surface area is 125 Å². The molecule has 108 valence electrons. The van der Waals surface area contributed by atoms with Crippen molar-refractivity contribution in [3.63, 3.8) is 0 Å². The molecule has 6 nitrogen and oxygen atoms in total. The zero-order chi connectivity index (χ0) is 14.5. The summed E-state index contributed by atoms with van der Waals surface area (Å²) in [6, 6.07) is 3.67. The minimum Gasteiger partial charge on any atom is -0.472 e. The lowest BCUT2D eigenvalue weighted by atomic mass is 10.3. The van der Waals surface area contributed by atoms with Crippen LogP contribution in [0.4, 0.5) is 0 Å². The highest BCUT2D eigenvalue weighted by atomic mass is 79.9. The van der Waals surface area contributed by atoms with Crippen LogP contribution in [-0.4, -0.2) is 47.4 Å². The average Bonchev–Trinajstić information content (AvgIpc) is 2.87. The summed E-state index contributed by atoms with van der Waals surface area (Å²) in [6.07, 6.45) is 2.35. The number of hydrogen-bond acceptors (Lipinski definition) is 4. The fourth-order valence-corrected chi connectivity index (χ4v) is 2.33. The molecule has 1 unspecified atom stereocenters. The molecular weight excluding hydrogens is 326 g/mol. The van der Waals surface area contributed by atoms with Gasteiger partial charge in [-0.3, -0.25) is 9.59 Å². The predicted molar refractivity (Wildman–Crippen MR) is 76.2 cm³/mol. The largest absolute Gasteiger partial charge is 0.472 e. The Morgan fingerprint density at radius 1 is 1.60 bits per heavy atom. The Kier molecular flexibility index (Phi) is 4.94. The second-order valence-electron chi connectivity index (χ2n) is 4.57. The molecule has 1 aromatic heterocycles. The van der Waals surface area contributed by atoms with Crippen molar-refractivity contribution in [1.29, 1.82) is 0 Å². The normalized spacial score (nSPS) is 17.9. The van der Waals surface area contributed by atoms with Gasteiger partial charge in [0, 0.05) is 26.1 Å². The van der Waals surface area contributed by atoms with Crippen LogP contribution in [0.25, 0.3) is 0 Å². The summed E-state index contributed by atoms with van der Waals surface area (Å²) in [5.74, 6) is 0.239. The highest BCUT2D eigenvalue weighted by molar-refractivity contribution is 9.10. The van der Waals surface area contributed by atoms with E-state index in [0.717, 1.165) is 10.9 Å². The average molecular weight is 342 g/mol. The van der Waals surface area contributed by atoms with E-state index in [1.165, 1.54) is 6.92 Å². The molecule has 1 saturated heterocycles. The number of aromatic nitrogens is 1. The SMILES string of the molecule is CC(=O)NCC(=O)N1CCC(Oc2ncccc2Br)C1. The van der Waals surface area contributed by atoms with Gasteiger partial charge < -0.3 is 15.0 Å². The van der Waals surface area contributed by atoms with Crippen LogP contribution in [0.5, 0.6) is 5.88 Å². The molecule has 1 aliphatic rings. The summed E-state index contributed by atoms with van der Waals surface area (Å²) in [5.41, 5.74) is 0. The minimum atomic E-state index is -0.206. The molecule has 0 bridgehead atoms. The first-order valence-electron chi connectivity index (χ1n) is 6.35. The zero-order valence-corrected chi connectivity index (χ0v) is 12.7. The van der Waals surface area contributed by atoms with Crippen LogP contribution in [-0.2, 0) is 9.59 Å². The summed E-state index contributed by atoms with van der Waals surface area (Å²) >= 11 is 3.37. The quantitative estimate of drug-likeness (QED) is 0.885. The van der Waals surface area contributed by atoms with Crippen molar-refractivity contribution < 1.29 is 14.3 Å². The molecule has 0 saturated carbocycles. The van der Waals surface area contributed by atoms with E-state index in [4.69, 9.17) is 4.74 Å². The fourth-order valence-electron chi connectivity index (χ4n) is 1.98. The molecular formula is C13H16BrN3O3. The maximum atomic E-state index is 11.8. The lowest BCUT2D eigenvalue weighted by molar-refractivity contribution is -0.131. The molecule has 1 N–H and O–H groups in total. The highest BCUT2D eigenvalue weighted by Gasteiger charge is 2.28. The van der Waals surface area contributed by atoms with E-state index >= 15 is 0 Å². The Morgan fingerprint density at radius 3 is 3.10 bits per heavy atom. The van der Waals surface area contributed by atoms with Crippen molar-refractivity contribution in [2.75, 3.05) is 19.6 Å². The maximum absolute atomic E-state index is 11.8. The maximum Gasteiger partial charge on any atom is 0.242 e. The Bertz CT molecular complexity index is 509. The van der Waals surface area contributed by atoms with Gasteiger partial charge in [0.25, 0.3) is 0 Å². The number of ether oxygens (including phenoxy) is 1. The van der Waals surface area contributed by atoms with Crippen LogP contribution in [0.15, 0.2) is 22.8 Å². The summed E-state index contributed by atoms with van der Waals surface area (Å²) < 4.78 is 6.57. The number of likely N-dealkylation sites (tertiary alicyclic amines) is 1. The molecule has 0 aromatic carbocycles. The number of rotatable bonds is 4. The first-order valence-corrected chi connectivity index (χ1v) is 7.15. The number of nitrogens with one attached hydrogen (secondary N) is 1. The van der Waals surface area contributed by atoms with Crippen LogP contribution in [0, 0.1) is 0 Å². The minimum absolute atomic E-state index is 0.0370. The van der Waals surface area contributed by atoms with Gasteiger partial charge >= 0.3 is 0 Å². The first kappa shape index (κ1) is 14.8. The van der Waals surface area contributed by atoms with Crippen molar-refractivity contribution in [2.24, 2.45) is 0 Å². The Hall–Kier alpha value is -1.63. The third-order valence-corrected chi connectivity index (χ3v) is 3.59. The third-order valence-electron chi connectivity index (χ3n) is 2.99. The second kappa shape index (κ2) is 6.69. The van der Waals surface area contributed by atoms with E-state index in [1.54, 1.807) is 11.1 Å². The van der Waals surface area contributed by atoms with Gasteiger partial charge in [-0.05, 0) is 28.1 Å². The van der Waals surface area contributed by atoms with Crippen LogP contribution in [0.3, 0.4) is 0 Å². The molecule has 20 heavy (non-hydrogen) atoms. The van der Waals surface area contributed by atoms with Crippen LogP contribution >= 0.6 is 15.9 Å². The van der Waals surface area contributed by atoms with Crippen molar-refractivity contribution in [3.05, 3.63) is 22.8 Å². The smallest absolute Gasteiger partial charge is 0.242 e. The number of carbonyl (C=O) groups excluding carboxylic acids is 2. The molecule has 7 heteroatoms. The summed E-state index contributed by atoms with van der Waals surface area (Å²) in [6.45, 7) is 2.58. The van der Waals surface area contributed by atoms with Gasteiger partial charge in [-0.15, -0.1) is 0 Å². The zero-order valence-electron chi connectivity index (χ0n) is 11.1. The topological polar surface area (TPSA) is 71.5 Å². The number of amides is 2. The Balaban J connectivity index is 1.85. The highest BCUT2D eigenvalue weighted by Crippen LogP contribution is 2.24. The van der Waals surface area contributed by atoms with Crippen LogP contribution in [0.1, 0.15) is 13.3 Å². The van der Waals surface area contributed by atoms with E-state index in [1.807, 2.05) is 12.1 Å². The molecule has 2 amide bonds. The van der Waals surface area contributed by atoms with Gasteiger partial charge in [0.15, 0.2) is 0 Å². The van der Waals surface area contributed by atoms with Gasteiger partial charge in [0.1, 0.15) is 6.10 Å². The summed E-state index contributed by atoms with van der Waals surface area (Å²) in [5, 5.41) is 2.51. The molecule has 0 spiro atoms. The van der Waals surface area contributed by atoms with Gasteiger partial charge in [-0.25, -0.2) is 4.98 Å². The van der Waals surface area contributed by atoms with E-state index in [0.29, 0.717) is 19.0 Å². The molecule has 0 aliphatic carbocycles. The standard InChI is InChI=1S/C13H16BrN3O3/c1-9(18)16-7-12(19)17-6-4-10(8-17)20-13-11(14)3-2-5-15-13/h2-3,5,10H,4,6-8H2,1H3,(H,16,18). The van der Waals surface area contributed by atoms with Crippen molar-refractivity contribution in [1.82, 2.24) is 15.2 Å². The molecule has 1 aliphatic heterocycles. The molecule has 1 fully saturated rings. The molecule has 1 atom stereocenters. The molecule has 2 rings (SSSR count). The third kappa shape index (κ3) is 3.93. The van der Waals surface area contributed by atoms with Crippen LogP contribution < -0.4 is 10.1 Å². The van der Waals surface area contributed by atoms with Gasteiger partial charge in [-0.1, -0.05) is 0 Å². The molecule has 2 heterocycles. The monoisotopic (exact) mass is 341 g/mol. The van der Waals surface area contributed by atoms with Crippen molar-refractivity contribution in [2.45, 2.75) is 19.4 Å². The van der Waals surface area contributed by atoms with Gasteiger partial charge in [0.2, 0.25) is 17.7 Å². The number of carbonyl (C=O) groups is 2. The second-order valence-corrected chi connectivity index (χ2v) is 5.42. The fraction of sp³-hybridized carbons (Fsp3) is 0.462. The van der Waals surface area contributed by atoms with E-state index in [2.05, 4.69) is 26.2 Å². The number of pyridine rings is 1. The van der Waals surface area contributed by atoms with E-state index in [9.17, 15) is 9.59 Å². The summed E-state index contributed by atoms with van der Waals surface area (Å²) in [7, 11) is 0. The first-order chi connectivity index (χ1) is 9.56. The van der Waals surface area contributed by atoms with E-state index in [-0.39, 0.29) is 24.5 Å². The number of hydrogen-bond donors (Lipinski definition) is 1. The van der Waals surface area contributed by atoms with Crippen molar-refractivity contribution >= 4 is 27.7 Å². The van der Waals surface area contributed by atoms with Crippen molar-refractivity contribution in [3.8, 4) is 5.88 Å². The number of halogens is 1. The van der Waals surface area contributed by atoms with Gasteiger partial charge in [0.05, 0.1) is 17.6 Å². The molecule has 1 aromatic rings. The Morgan fingerprint density at radius 2 is 2.40 bits per heavy atom. The predicted octanol–water partition coefficient (Wildman–Crippen LogP) is 0.960. The molecule has 0 radical (unpaired) electrons. The van der Waals surface area contributed by atoms with Gasteiger partial charge in [-0.2, -0.15) is 0 Å².